The van der Waals surface area contributed by atoms with E-state index in [9.17, 15) is 4.79 Å². The zero-order chi connectivity index (χ0) is 12.1. The highest BCUT2D eigenvalue weighted by atomic mass is 35.5. The second-order valence-electron chi connectivity index (χ2n) is 5.63. The van der Waals surface area contributed by atoms with Crippen molar-refractivity contribution in [1.29, 1.82) is 0 Å². The zero-order valence-electron chi connectivity index (χ0n) is 11.5. The molecular weight excluding hydrogens is 248 g/mol. The Morgan fingerprint density at radius 1 is 1.11 bits per heavy atom. The van der Waals surface area contributed by atoms with Crippen LogP contribution in [0.4, 0.5) is 0 Å². The van der Waals surface area contributed by atoms with Gasteiger partial charge in [-0.3, -0.25) is 4.79 Å². The minimum Gasteiger partial charge on any atom is -0.343 e. The number of carbonyl (C=O) groups excluding carboxylic acids is 1. The van der Waals surface area contributed by atoms with E-state index in [1.807, 2.05) is 0 Å². The number of carbonyl (C=O) groups is 1. The van der Waals surface area contributed by atoms with Crippen LogP contribution in [-0.2, 0) is 4.79 Å². The Labute approximate surface area is 117 Å². The third-order valence-electron chi connectivity index (χ3n) is 4.47. The van der Waals surface area contributed by atoms with Crippen LogP contribution < -0.4 is 5.32 Å². The van der Waals surface area contributed by atoms with Gasteiger partial charge in [0.25, 0.3) is 0 Å². The van der Waals surface area contributed by atoms with E-state index < -0.39 is 0 Å². The highest BCUT2D eigenvalue weighted by Crippen LogP contribution is 2.23. The Hall–Kier alpha value is -0.280. The van der Waals surface area contributed by atoms with Gasteiger partial charge < -0.3 is 10.2 Å². The number of halogens is 1. The summed E-state index contributed by atoms with van der Waals surface area (Å²) in [7, 11) is 0. The number of nitrogens with one attached hydrogen (secondary N) is 1. The molecule has 2 aliphatic heterocycles. The number of amides is 1. The molecule has 2 saturated heterocycles. The van der Waals surface area contributed by atoms with Crippen LogP contribution in [0.2, 0.25) is 0 Å². The highest BCUT2D eigenvalue weighted by Gasteiger charge is 2.24. The van der Waals surface area contributed by atoms with E-state index in [1.165, 1.54) is 32.1 Å². The van der Waals surface area contributed by atoms with Gasteiger partial charge >= 0.3 is 0 Å². The van der Waals surface area contributed by atoms with E-state index in [4.69, 9.17) is 0 Å². The second kappa shape index (κ2) is 8.00. The molecule has 18 heavy (non-hydrogen) atoms. The van der Waals surface area contributed by atoms with Crippen LogP contribution in [0.3, 0.4) is 0 Å². The Balaban J connectivity index is 0.00000162. The number of hydrogen-bond donors (Lipinski definition) is 1. The Morgan fingerprint density at radius 2 is 1.72 bits per heavy atom. The maximum atomic E-state index is 12.2. The zero-order valence-corrected chi connectivity index (χ0v) is 12.3. The molecule has 1 amide bonds. The lowest BCUT2D eigenvalue weighted by Crippen LogP contribution is -2.40. The third kappa shape index (κ3) is 4.43. The molecule has 106 valence electrons. The molecule has 1 N–H and O–H groups in total. The van der Waals surface area contributed by atoms with E-state index >= 15 is 0 Å². The quantitative estimate of drug-likeness (QED) is 0.857. The summed E-state index contributed by atoms with van der Waals surface area (Å²) in [5.41, 5.74) is 0. The minimum absolute atomic E-state index is 0. The Kier molecular flexibility index (Phi) is 7.02. The van der Waals surface area contributed by atoms with E-state index in [0.29, 0.717) is 11.8 Å². The van der Waals surface area contributed by atoms with Crippen LogP contribution in [0.25, 0.3) is 0 Å². The number of nitrogens with zero attached hydrogens (tertiary/aromatic N) is 1. The van der Waals surface area contributed by atoms with Gasteiger partial charge in [-0.25, -0.2) is 0 Å². The van der Waals surface area contributed by atoms with Crippen LogP contribution in [0.5, 0.6) is 0 Å². The summed E-state index contributed by atoms with van der Waals surface area (Å²) >= 11 is 0. The molecule has 3 nitrogen and oxygen atoms in total. The fraction of sp³-hybridized carbons (Fsp3) is 0.929. The molecule has 0 aromatic carbocycles. The molecule has 0 radical (unpaired) electrons. The lowest BCUT2D eigenvalue weighted by molar-refractivity contribution is -0.133. The molecular formula is C14H27ClN2O. The van der Waals surface area contributed by atoms with Gasteiger partial charge in [0.1, 0.15) is 0 Å². The lowest BCUT2D eigenvalue weighted by Gasteiger charge is -2.33. The molecule has 0 aromatic rings. The molecule has 0 aromatic heterocycles. The van der Waals surface area contributed by atoms with Gasteiger partial charge in [0.2, 0.25) is 5.91 Å². The van der Waals surface area contributed by atoms with E-state index in [-0.39, 0.29) is 12.4 Å². The monoisotopic (exact) mass is 274 g/mol. The van der Waals surface area contributed by atoms with Crippen LogP contribution in [0, 0.1) is 11.8 Å². The van der Waals surface area contributed by atoms with Gasteiger partial charge in [-0.05, 0) is 50.6 Å². The summed E-state index contributed by atoms with van der Waals surface area (Å²) in [5.74, 6) is 1.90. The summed E-state index contributed by atoms with van der Waals surface area (Å²) in [6, 6.07) is 0. The first-order valence-electron chi connectivity index (χ1n) is 7.28. The predicted molar refractivity (Wildman–Crippen MR) is 77.1 cm³/mol. The Morgan fingerprint density at radius 3 is 2.28 bits per heavy atom. The molecule has 0 atom stereocenters. The summed E-state index contributed by atoms with van der Waals surface area (Å²) in [4.78, 5) is 14.3. The molecule has 0 aliphatic carbocycles. The van der Waals surface area contributed by atoms with Crippen molar-refractivity contribution in [2.45, 2.75) is 45.4 Å². The molecule has 2 fully saturated rings. The largest absolute Gasteiger partial charge is 0.343 e. The van der Waals surface area contributed by atoms with Crippen molar-refractivity contribution >= 4 is 18.3 Å². The number of piperidine rings is 2. The van der Waals surface area contributed by atoms with Crippen LogP contribution >= 0.6 is 12.4 Å². The maximum absolute atomic E-state index is 12.2. The first-order chi connectivity index (χ1) is 8.29. The topological polar surface area (TPSA) is 32.3 Å². The van der Waals surface area contributed by atoms with E-state index in [0.717, 1.165) is 38.5 Å². The summed E-state index contributed by atoms with van der Waals surface area (Å²) in [6.07, 6.45) is 6.85. The van der Waals surface area contributed by atoms with Crippen molar-refractivity contribution in [2.75, 3.05) is 26.2 Å². The highest BCUT2D eigenvalue weighted by molar-refractivity contribution is 5.85. The summed E-state index contributed by atoms with van der Waals surface area (Å²) < 4.78 is 0. The first-order valence-corrected chi connectivity index (χ1v) is 7.28. The predicted octanol–water partition coefficient (Wildman–Crippen LogP) is 2.45. The molecule has 0 spiro atoms. The van der Waals surface area contributed by atoms with Gasteiger partial charge in [-0.1, -0.05) is 13.3 Å². The second-order valence-corrected chi connectivity index (χ2v) is 5.63. The number of likely N-dealkylation sites (tertiary alicyclic amines) is 1. The Bertz CT molecular complexity index is 246. The lowest BCUT2D eigenvalue weighted by atomic mass is 9.91. The maximum Gasteiger partial charge on any atom is 0.222 e. The minimum atomic E-state index is 0. The van der Waals surface area contributed by atoms with Crippen molar-refractivity contribution < 1.29 is 4.79 Å². The van der Waals surface area contributed by atoms with E-state index in [2.05, 4.69) is 17.1 Å². The van der Waals surface area contributed by atoms with E-state index in [1.54, 1.807) is 0 Å². The van der Waals surface area contributed by atoms with Crippen LogP contribution in [0.15, 0.2) is 0 Å². The molecule has 4 heteroatoms. The molecule has 0 unspecified atom stereocenters. The average molecular weight is 275 g/mol. The molecule has 2 rings (SSSR count). The summed E-state index contributed by atoms with van der Waals surface area (Å²) in [6.45, 7) is 6.45. The number of hydrogen-bond acceptors (Lipinski definition) is 2. The third-order valence-corrected chi connectivity index (χ3v) is 4.47. The fourth-order valence-corrected chi connectivity index (χ4v) is 3.05. The van der Waals surface area contributed by atoms with Crippen molar-refractivity contribution in [3.8, 4) is 0 Å². The fourth-order valence-electron chi connectivity index (χ4n) is 3.05. The van der Waals surface area contributed by atoms with Gasteiger partial charge in [-0.2, -0.15) is 0 Å². The average Bonchev–Trinajstić information content (AvgIpc) is 2.40. The van der Waals surface area contributed by atoms with Crippen LogP contribution in [0.1, 0.15) is 45.4 Å². The summed E-state index contributed by atoms with van der Waals surface area (Å²) in [5, 5.41) is 3.36. The van der Waals surface area contributed by atoms with Crippen molar-refractivity contribution in [1.82, 2.24) is 10.2 Å². The van der Waals surface area contributed by atoms with Crippen molar-refractivity contribution in [2.24, 2.45) is 11.8 Å². The first kappa shape index (κ1) is 15.8. The molecule has 0 bridgehead atoms. The standard InChI is InChI=1S/C14H26N2O.ClH/c1-2-12-5-9-16(10-6-12)14(17)11-13-3-7-15-8-4-13;/h12-13,15H,2-11H2,1H3;1H. The van der Waals surface area contributed by atoms with Crippen molar-refractivity contribution in [3.63, 3.8) is 0 Å². The molecule has 0 saturated carbocycles. The van der Waals surface area contributed by atoms with Gasteiger partial charge in [0.05, 0.1) is 0 Å². The smallest absolute Gasteiger partial charge is 0.222 e. The molecule has 2 aliphatic rings. The normalized spacial score (nSPS) is 22.6. The van der Waals surface area contributed by atoms with Gasteiger partial charge in [0.15, 0.2) is 0 Å². The SMILES string of the molecule is CCC1CCN(C(=O)CC2CCNCC2)CC1.Cl. The van der Waals surface area contributed by atoms with Crippen LogP contribution in [-0.4, -0.2) is 37.0 Å². The van der Waals surface area contributed by atoms with Crippen molar-refractivity contribution in [3.05, 3.63) is 0 Å². The van der Waals surface area contributed by atoms with Gasteiger partial charge in [-0.15, -0.1) is 12.4 Å². The van der Waals surface area contributed by atoms with Gasteiger partial charge in [0, 0.05) is 19.5 Å². The number of rotatable bonds is 3. The molecule has 2 heterocycles.